The second kappa shape index (κ2) is 28.2. The number of ether oxygens (including phenoxy) is 4. The molecule has 0 unspecified atom stereocenters. The van der Waals surface area contributed by atoms with Gasteiger partial charge in [-0.05, 0) is 72.5 Å². The third-order valence-corrected chi connectivity index (χ3v) is 15.0. The van der Waals surface area contributed by atoms with Crippen LogP contribution in [0.5, 0.6) is 11.8 Å². The summed E-state index contributed by atoms with van der Waals surface area (Å²) in [6, 6.07) is 14.9. The van der Waals surface area contributed by atoms with E-state index in [1.165, 1.54) is 45.9 Å². The van der Waals surface area contributed by atoms with E-state index in [0.29, 0.717) is 23.7 Å². The summed E-state index contributed by atoms with van der Waals surface area (Å²) in [7, 11) is -4.14. The number of para-hydroxylation sites is 1. The average molecular weight is 1200 g/mol. The first-order valence-electron chi connectivity index (χ1n) is 24.0. The van der Waals surface area contributed by atoms with Crippen molar-refractivity contribution in [3.63, 3.8) is 0 Å². The van der Waals surface area contributed by atoms with Crippen LogP contribution in [-0.4, -0.2) is 140 Å². The van der Waals surface area contributed by atoms with Crippen molar-refractivity contribution in [3.8, 4) is 17.4 Å². The van der Waals surface area contributed by atoms with Crippen molar-refractivity contribution in [1.29, 1.82) is 0 Å². The Bertz CT molecular complexity index is 3360. The highest BCUT2D eigenvalue weighted by atomic mass is 35.5. The number of rotatable bonds is 16. The number of urea groups is 1. The molecule has 0 atom stereocenters. The zero-order valence-electron chi connectivity index (χ0n) is 43.5. The van der Waals surface area contributed by atoms with Crippen molar-refractivity contribution < 1.29 is 77.7 Å². The van der Waals surface area contributed by atoms with Gasteiger partial charge in [-0.1, -0.05) is 72.8 Å². The Morgan fingerprint density at radius 3 is 2.00 bits per heavy atom. The molecule has 24 nitrogen and oxygen atoms in total. The minimum Gasteiger partial charge on any atom is -0.481 e. The lowest BCUT2D eigenvalue weighted by atomic mass is 9.81. The minimum atomic E-state index is -4.65. The summed E-state index contributed by atoms with van der Waals surface area (Å²) in [6.07, 6.45) is 1.94. The van der Waals surface area contributed by atoms with Crippen molar-refractivity contribution in [3.05, 3.63) is 110 Å². The second-order valence-corrected chi connectivity index (χ2v) is 22.0. The molecule has 2 saturated carbocycles. The van der Waals surface area contributed by atoms with Crippen molar-refractivity contribution in [2.45, 2.75) is 87.8 Å². The van der Waals surface area contributed by atoms with Crippen LogP contribution in [0.3, 0.4) is 0 Å². The summed E-state index contributed by atoms with van der Waals surface area (Å²) in [5.41, 5.74) is -0.597. The molecule has 0 saturated heterocycles. The van der Waals surface area contributed by atoms with Crippen LogP contribution in [0.4, 0.5) is 28.7 Å². The summed E-state index contributed by atoms with van der Waals surface area (Å²) >= 11 is 12.2. The number of hydrogen-bond acceptors (Lipinski definition) is 19. The highest BCUT2D eigenvalue weighted by Gasteiger charge is 2.38. The summed E-state index contributed by atoms with van der Waals surface area (Å²) in [5, 5.41) is 9.67. The van der Waals surface area contributed by atoms with Crippen LogP contribution in [0, 0.1) is 5.92 Å². The molecule has 31 heteroatoms. The zero-order chi connectivity index (χ0) is 59.1. The molecule has 7 rings (SSSR count). The van der Waals surface area contributed by atoms with Gasteiger partial charge in [0.05, 0.1) is 65.9 Å². The van der Waals surface area contributed by atoms with Crippen LogP contribution in [0.2, 0.25) is 10.0 Å². The SMILES string of the molecule is CCN(C(=O)n1nnn(-c2ccccc2Cl)c1=O)C1CCCCC1.COC(=O)c1ccccc1CS(=O)(=O)NC(=O)Nc1nc(OC)cc(OC)n1.CS(=O)(=O)c1ccc(C(=O)C2C(=O)CCCC2=O)c(Cl)c1COCC(F)(F)F. The molecule has 2 aromatic heterocycles. The van der Waals surface area contributed by atoms with Crippen LogP contribution in [-0.2, 0) is 51.3 Å². The van der Waals surface area contributed by atoms with Gasteiger partial charge in [-0.15, -0.1) is 4.68 Å². The number of nitrogens with zero attached hydrogens (tertiary/aromatic N) is 7. The Labute approximate surface area is 466 Å². The number of Topliss-reactive ketones (excluding diaryl/α,β-unsaturated/α-hetero) is 3. The largest absolute Gasteiger partial charge is 0.481 e. The van der Waals surface area contributed by atoms with Gasteiger partial charge in [-0.25, -0.2) is 40.7 Å². The maximum absolute atomic E-state index is 12.8. The zero-order valence-corrected chi connectivity index (χ0v) is 46.6. The number of sulfonamides is 1. The lowest BCUT2D eigenvalue weighted by Crippen LogP contribution is -2.46. The molecule has 2 fully saturated rings. The quantitative estimate of drug-likeness (QED) is 0.0456. The fraction of sp³-hybridized carbons (Fsp3) is 0.408. The Balaban J connectivity index is 0.000000221. The maximum atomic E-state index is 12.8. The first-order valence-corrected chi connectivity index (χ1v) is 28.3. The van der Waals surface area contributed by atoms with E-state index in [0.717, 1.165) is 53.4 Å². The number of halogens is 5. The Morgan fingerprint density at radius 1 is 0.812 bits per heavy atom. The van der Waals surface area contributed by atoms with Gasteiger partial charge in [0.1, 0.15) is 12.5 Å². The molecule has 3 aromatic carbocycles. The summed E-state index contributed by atoms with van der Waals surface area (Å²) < 4.78 is 108. The number of sulfone groups is 1. The summed E-state index contributed by atoms with van der Waals surface area (Å²) in [6.45, 7) is -0.0242. The summed E-state index contributed by atoms with van der Waals surface area (Å²) in [4.78, 5) is 94.8. The maximum Gasteiger partial charge on any atom is 0.411 e. The van der Waals surface area contributed by atoms with Crippen molar-refractivity contribution in [2.24, 2.45) is 5.92 Å². The molecule has 2 heterocycles. The number of esters is 1. The van der Waals surface area contributed by atoms with Crippen molar-refractivity contribution in [2.75, 3.05) is 46.1 Å². The van der Waals surface area contributed by atoms with E-state index in [1.54, 1.807) is 41.3 Å². The fourth-order valence-electron chi connectivity index (χ4n) is 8.24. The number of anilines is 1. The Morgan fingerprint density at radius 2 is 1.43 bits per heavy atom. The minimum absolute atomic E-state index is 0.0444. The lowest BCUT2D eigenvalue weighted by Gasteiger charge is -2.32. The van der Waals surface area contributed by atoms with Crippen molar-refractivity contribution >= 4 is 84.4 Å². The van der Waals surface area contributed by atoms with E-state index in [9.17, 15) is 63.6 Å². The van der Waals surface area contributed by atoms with Gasteiger partial charge in [0, 0.05) is 42.8 Å². The van der Waals surface area contributed by atoms with Gasteiger partial charge >= 0.3 is 29.9 Å². The van der Waals surface area contributed by atoms with Gasteiger partial charge in [0.15, 0.2) is 27.2 Å². The number of aromatic nitrogens is 6. The smallest absolute Gasteiger partial charge is 0.411 e. The second-order valence-electron chi connectivity index (χ2n) is 17.5. The van der Waals surface area contributed by atoms with E-state index in [1.807, 2.05) is 11.6 Å². The van der Waals surface area contributed by atoms with E-state index in [2.05, 4.69) is 35.2 Å². The van der Waals surface area contributed by atoms with Gasteiger partial charge in [0.25, 0.3) is 0 Å². The van der Waals surface area contributed by atoms with Gasteiger partial charge in [-0.3, -0.25) is 19.7 Å². The predicted octanol–water partition coefficient (Wildman–Crippen LogP) is 6.58. The van der Waals surface area contributed by atoms with Gasteiger partial charge in [0.2, 0.25) is 27.7 Å². The standard InChI is InChI=1S/C17H16ClF3O6S.C16H20ClN5O2.C16H18N4O7S/c1-28(25,26)13-6-5-9(15(18)10(13)7-27-8-17(19,20)21)16(24)14-11(22)3-2-4-12(14)23;1-2-20(12-8-4-3-5-9-12)15(23)22-16(24)21(18-19-22)14-11-7-6-10-13(14)17;1-25-12-8-13(26-2)18-15(17-12)19-16(22)20-28(23,24)9-10-6-4-5-7-11(10)14(21)27-3/h5-6,14H,2-4,7-8H2,1H3;6-7,10-12H,2-5,8-9H2,1H3;4-8H,9H2,1-3H3,(H2,17,18,19,20,22). The van der Waals surface area contributed by atoms with E-state index < -0.39 is 102 Å². The molecule has 0 bridgehead atoms. The third-order valence-electron chi connectivity index (χ3n) is 11.9. The number of carbonyl (C=O) groups is 6. The molecule has 0 spiro atoms. The van der Waals surface area contributed by atoms with Crippen LogP contribution < -0.4 is 25.2 Å². The molecule has 2 aliphatic carbocycles. The number of hydrogen-bond donors (Lipinski definition) is 2. The van der Waals surface area contributed by atoms with Crippen LogP contribution in [0.25, 0.3) is 5.69 Å². The van der Waals surface area contributed by atoms with Crippen LogP contribution in [0.15, 0.2) is 76.4 Å². The number of benzene rings is 3. The molecule has 2 aliphatic rings. The molecule has 80 heavy (non-hydrogen) atoms. The number of carbonyl (C=O) groups excluding carboxylic acids is 6. The molecule has 432 valence electrons. The summed E-state index contributed by atoms with van der Waals surface area (Å²) in [5.74, 6) is -4.90. The van der Waals surface area contributed by atoms with Crippen LogP contribution >= 0.6 is 23.2 Å². The number of ketones is 3. The molecule has 0 radical (unpaired) electrons. The molecule has 5 aromatic rings. The first kappa shape index (κ1) is 63.5. The fourth-order valence-corrected chi connectivity index (χ4v) is 10.8. The third kappa shape index (κ3) is 17.1. The van der Waals surface area contributed by atoms with Crippen LogP contribution in [0.1, 0.15) is 90.1 Å². The topological polar surface area (TPSA) is 313 Å². The van der Waals surface area contributed by atoms with E-state index in [4.69, 9.17) is 32.7 Å². The average Bonchev–Trinajstić information content (AvgIpc) is 3.83. The Hall–Kier alpha value is -7.34. The first-order chi connectivity index (χ1) is 37.7. The lowest BCUT2D eigenvalue weighted by molar-refractivity contribution is -0.176. The number of methoxy groups -OCH3 is 3. The van der Waals surface area contributed by atoms with E-state index in [-0.39, 0.29) is 58.8 Å². The number of amides is 3. The monoisotopic (exact) mass is 1200 g/mol. The van der Waals surface area contributed by atoms with E-state index >= 15 is 0 Å². The highest BCUT2D eigenvalue weighted by Crippen LogP contribution is 2.33. The van der Waals surface area contributed by atoms with Gasteiger partial charge < -0.3 is 23.8 Å². The molecule has 0 aliphatic heterocycles. The number of nitrogens with one attached hydrogen (secondary N) is 2. The van der Waals surface area contributed by atoms with Crippen molar-refractivity contribution in [1.82, 2.24) is 39.4 Å². The highest BCUT2D eigenvalue weighted by molar-refractivity contribution is 7.90. The molecule has 2 N–H and O–H groups in total. The Kier molecular flexibility index (Phi) is 22.4. The molecule has 3 amide bonds. The molecular formula is C49H54Cl2F3N9O15S2. The number of tetrazole rings is 1. The predicted molar refractivity (Wildman–Crippen MR) is 280 cm³/mol. The number of alkyl halides is 3. The molecular weight excluding hydrogens is 1150 g/mol. The van der Waals surface area contributed by atoms with Gasteiger partial charge in [-0.2, -0.15) is 27.8 Å². The normalized spacial score (nSPS) is 14.1.